The molecule has 2 heteroatoms. The van der Waals surface area contributed by atoms with Gasteiger partial charge in [0.15, 0.2) is 0 Å². The maximum atomic E-state index is 8.57. The predicted molar refractivity (Wildman–Crippen MR) is 74.1 cm³/mol. The summed E-state index contributed by atoms with van der Waals surface area (Å²) in [7, 11) is 0. The molecule has 2 nitrogen and oxygen atoms in total. The van der Waals surface area contributed by atoms with Gasteiger partial charge in [-0.1, -0.05) is 46.8 Å². The molecule has 0 bridgehead atoms. The van der Waals surface area contributed by atoms with Crippen LogP contribution in [0.25, 0.3) is 0 Å². The molecule has 0 fully saturated rings. The molecule has 0 aromatic heterocycles. The average Bonchev–Trinajstić information content (AvgIpc) is 2.41. The van der Waals surface area contributed by atoms with Gasteiger partial charge in [0, 0.05) is 12.2 Å². The molecule has 0 saturated heterocycles. The molecule has 0 aliphatic carbocycles. The van der Waals surface area contributed by atoms with E-state index in [0.717, 1.165) is 12.1 Å². The van der Waals surface area contributed by atoms with Crippen LogP contribution in [0.3, 0.4) is 0 Å². The van der Waals surface area contributed by atoms with Crippen LogP contribution < -0.4 is 5.32 Å². The first-order valence-corrected chi connectivity index (χ1v) is 6.30. The van der Waals surface area contributed by atoms with E-state index in [1.54, 1.807) is 0 Å². The Morgan fingerprint density at radius 3 is 1.88 bits per heavy atom. The first kappa shape index (κ1) is 17.4. The van der Waals surface area contributed by atoms with Crippen LogP contribution in [-0.2, 0) is 6.42 Å². The molecule has 0 atom stereocenters. The zero-order valence-corrected chi connectivity index (χ0v) is 11.4. The van der Waals surface area contributed by atoms with Crippen LogP contribution in [0.2, 0.25) is 0 Å². The molecule has 16 heavy (non-hydrogen) atoms. The molecule has 1 aromatic carbocycles. The molecular formula is C14H27NO. The summed E-state index contributed by atoms with van der Waals surface area (Å²) in [6, 6.07) is 8.27. The van der Waals surface area contributed by atoms with Crippen molar-refractivity contribution in [2.75, 3.05) is 18.5 Å². The van der Waals surface area contributed by atoms with Crippen molar-refractivity contribution < 1.29 is 5.11 Å². The fourth-order valence-corrected chi connectivity index (χ4v) is 1.06. The van der Waals surface area contributed by atoms with E-state index in [9.17, 15) is 0 Å². The highest BCUT2D eigenvalue weighted by Crippen LogP contribution is 2.08. The van der Waals surface area contributed by atoms with Gasteiger partial charge >= 0.3 is 0 Å². The van der Waals surface area contributed by atoms with Crippen LogP contribution in [-0.4, -0.2) is 18.3 Å². The van der Waals surface area contributed by atoms with Crippen LogP contribution in [0.5, 0.6) is 0 Å². The van der Waals surface area contributed by atoms with Gasteiger partial charge in [0.1, 0.15) is 0 Å². The van der Waals surface area contributed by atoms with Crippen LogP contribution in [0.1, 0.15) is 40.2 Å². The second-order valence-electron chi connectivity index (χ2n) is 2.70. The normalized spacial score (nSPS) is 8.12. The summed E-state index contributed by atoms with van der Waals surface area (Å²) in [5, 5.41) is 11.7. The molecule has 0 heterocycles. The number of aliphatic hydroxyl groups excluding tert-OH is 1. The summed E-state index contributed by atoms with van der Waals surface area (Å²) in [5.74, 6) is 0. The molecule has 0 aliphatic heterocycles. The maximum absolute atomic E-state index is 8.57. The van der Waals surface area contributed by atoms with Crippen LogP contribution in [0.15, 0.2) is 24.3 Å². The van der Waals surface area contributed by atoms with E-state index < -0.39 is 0 Å². The molecule has 0 saturated carbocycles. The van der Waals surface area contributed by atoms with Gasteiger partial charge in [0.25, 0.3) is 0 Å². The number of hydrogen-bond acceptors (Lipinski definition) is 2. The number of aryl methyl sites for hydroxylation is 1. The van der Waals surface area contributed by atoms with Crippen molar-refractivity contribution in [1.82, 2.24) is 0 Å². The number of benzene rings is 1. The smallest absolute Gasteiger partial charge is 0.0604 e. The summed E-state index contributed by atoms with van der Waals surface area (Å²) in [6.45, 7) is 10.9. The fourth-order valence-electron chi connectivity index (χ4n) is 1.06. The average molecular weight is 225 g/mol. The highest BCUT2D eigenvalue weighted by atomic mass is 16.3. The molecule has 1 rings (SSSR count). The predicted octanol–water partition coefficient (Wildman–Crippen LogP) is 3.71. The van der Waals surface area contributed by atoms with Crippen LogP contribution in [0.4, 0.5) is 5.69 Å². The highest BCUT2D eigenvalue weighted by Gasteiger charge is 1.90. The second-order valence-corrected chi connectivity index (χ2v) is 2.70. The molecule has 0 unspecified atom stereocenters. The van der Waals surface area contributed by atoms with Crippen LogP contribution in [0, 0.1) is 0 Å². The van der Waals surface area contributed by atoms with E-state index in [0.29, 0.717) is 6.54 Å². The second kappa shape index (κ2) is 14.0. The van der Waals surface area contributed by atoms with Crippen molar-refractivity contribution in [3.63, 3.8) is 0 Å². The summed E-state index contributed by atoms with van der Waals surface area (Å²) < 4.78 is 0. The lowest BCUT2D eigenvalue weighted by Crippen LogP contribution is -2.04. The van der Waals surface area contributed by atoms with Crippen molar-refractivity contribution in [1.29, 1.82) is 0 Å². The maximum Gasteiger partial charge on any atom is 0.0604 e. The van der Waals surface area contributed by atoms with E-state index in [1.807, 2.05) is 39.8 Å². The number of aliphatic hydroxyl groups is 1. The molecule has 2 N–H and O–H groups in total. The van der Waals surface area contributed by atoms with E-state index >= 15 is 0 Å². The number of hydrogen-bond donors (Lipinski definition) is 2. The summed E-state index contributed by atoms with van der Waals surface area (Å²) in [6.07, 6.45) is 1.07. The van der Waals surface area contributed by atoms with Gasteiger partial charge in [-0.2, -0.15) is 0 Å². The van der Waals surface area contributed by atoms with E-state index in [2.05, 4.69) is 24.4 Å². The summed E-state index contributed by atoms with van der Waals surface area (Å²) >= 11 is 0. The Morgan fingerprint density at radius 1 is 1.00 bits per heavy atom. The van der Waals surface area contributed by atoms with Gasteiger partial charge in [0.05, 0.1) is 6.61 Å². The molecule has 0 aliphatic rings. The van der Waals surface area contributed by atoms with Crippen molar-refractivity contribution >= 4 is 5.69 Å². The van der Waals surface area contributed by atoms with E-state index in [-0.39, 0.29) is 6.61 Å². The third-order valence-electron chi connectivity index (χ3n) is 1.80. The summed E-state index contributed by atoms with van der Waals surface area (Å²) in [4.78, 5) is 0. The Bertz CT molecular complexity index is 219. The van der Waals surface area contributed by atoms with Crippen molar-refractivity contribution in [3.05, 3.63) is 29.8 Å². The Kier molecular flexibility index (Phi) is 15.2. The molecule has 0 spiro atoms. The molecule has 0 radical (unpaired) electrons. The summed E-state index contributed by atoms with van der Waals surface area (Å²) in [5.41, 5.74) is 2.41. The number of anilines is 1. The van der Waals surface area contributed by atoms with E-state index in [1.165, 1.54) is 5.56 Å². The standard InChI is InChI=1S/C10H15NO.2C2H6/c1-2-9-3-5-10(6-4-9)11-7-8-12;2*1-2/h3-6,11-12H,2,7-8H2,1H3;2*1-2H3. The van der Waals surface area contributed by atoms with Crippen molar-refractivity contribution in [2.45, 2.75) is 41.0 Å². The number of nitrogens with one attached hydrogen (secondary N) is 1. The third-order valence-corrected chi connectivity index (χ3v) is 1.80. The Balaban J connectivity index is 0. The highest BCUT2D eigenvalue weighted by molar-refractivity contribution is 5.44. The fraction of sp³-hybridized carbons (Fsp3) is 0.571. The first-order chi connectivity index (χ1) is 7.86. The van der Waals surface area contributed by atoms with Gasteiger partial charge < -0.3 is 10.4 Å². The van der Waals surface area contributed by atoms with Gasteiger partial charge in [-0.3, -0.25) is 0 Å². The third kappa shape index (κ3) is 8.30. The van der Waals surface area contributed by atoms with Gasteiger partial charge in [0.2, 0.25) is 0 Å². The van der Waals surface area contributed by atoms with E-state index in [4.69, 9.17) is 5.11 Å². The zero-order chi connectivity index (χ0) is 12.8. The van der Waals surface area contributed by atoms with Crippen LogP contribution >= 0.6 is 0 Å². The monoisotopic (exact) mass is 225 g/mol. The SMILES string of the molecule is CC.CC.CCc1ccc(NCCO)cc1. The topological polar surface area (TPSA) is 32.3 Å². The minimum atomic E-state index is 0.176. The lowest BCUT2D eigenvalue weighted by atomic mass is 10.1. The minimum Gasteiger partial charge on any atom is -0.395 e. The van der Waals surface area contributed by atoms with Crippen molar-refractivity contribution in [3.8, 4) is 0 Å². The first-order valence-electron chi connectivity index (χ1n) is 6.30. The quantitative estimate of drug-likeness (QED) is 0.819. The Morgan fingerprint density at radius 2 is 1.50 bits per heavy atom. The Hall–Kier alpha value is -1.02. The largest absolute Gasteiger partial charge is 0.395 e. The zero-order valence-electron chi connectivity index (χ0n) is 11.4. The molecule has 1 aromatic rings. The Labute approximate surface area is 101 Å². The minimum absolute atomic E-state index is 0.176. The molecular weight excluding hydrogens is 198 g/mol. The van der Waals surface area contributed by atoms with Crippen molar-refractivity contribution in [2.24, 2.45) is 0 Å². The van der Waals surface area contributed by atoms with Gasteiger partial charge in [-0.05, 0) is 24.1 Å². The molecule has 0 amide bonds. The van der Waals surface area contributed by atoms with Gasteiger partial charge in [-0.25, -0.2) is 0 Å². The van der Waals surface area contributed by atoms with Gasteiger partial charge in [-0.15, -0.1) is 0 Å². The number of rotatable bonds is 4. The lowest BCUT2D eigenvalue weighted by molar-refractivity contribution is 0.311. The molecule has 94 valence electrons. The lowest BCUT2D eigenvalue weighted by Gasteiger charge is -2.04.